The molecule has 0 atom stereocenters. The van der Waals surface area contributed by atoms with E-state index >= 15 is 0 Å². The molecule has 0 bridgehead atoms. The second-order valence-corrected chi connectivity index (χ2v) is 4.78. The van der Waals surface area contributed by atoms with Gasteiger partial charge in [-0.05, 0) is 35.2 Å². The van der Waals surface area contributed by atoms with Crippen LogP contribution in [0.15, 0.2) is 24.4 Å². The lowest BCUT2D eigenvalue weighted by molar-refractivity contribution is 0.866. The number of nitrogens with one attached hydrogen (secondary N) is 2. The van der Waals surface area contributed by atoms with E-state index in [9.17, 15) is 0 Å². The molecule has 6 heteroatoms. The van der Waals surface area contributed by atoms with Gasteiger partial charge in [-0.1, -0.05) is 26.0 Å². The molecule has 0 aliphatic heterocycles. The fraction of sp³-hybridized carbons (Fsp3) is 0.286. The number of H-pyrrole nitrogens is 1. The van der Waals surface area contributed by atoms with Crippen molar-refractivity contribution in [1.29, 1.82) is 5.26 Å². The van der Waals surface area contributed by atoms with Crippen molar-refractivity contribution >= 4 is 11.3 Å². The third-order valence-electron chi connectivity index (χ3n) is 3.01. The number of nitriles is 1. The van der Waals surface area contributed by atoms with E-state index in [1.807, 2.05) is 13.0 Å². The summed E-state index contributed by atoms with van der Waals surface area (Å²) in [4.78, 5) is 0. The molecular weight excluding hydrogens is 252 g/mol. The Bertz CT molecular complexity index is 649. The van der Waals surface area contributed by atoms with Crippen LogP contribution >= 0.6 is 0 Å². The van der Waals surface area contributed by atoms with E-state index in [2.05, 4.69) is 58.0 Å². The maximum atomic E-state index is 9.11. The van der Waals surface area contributed by atoms with Gasteiger partial charge < -0.3 is 5.32 Å². The van der Waals surface area contributed by atoms with Crippen molar-refractivity contribution in [2.45, 2.75) is 26.7 Å². The minimum absolute atomic E-state index is 0.276. The van der Waals surface area contributed by atoms with Gasteiger partial charge in [-0.2, -0.15) is 10.5 Å². The number of rotatable bonds is 4. The normalized spacial score (nSPS) is 11.4. The van der Waals surface area contributed by atoms with Crippen LogP contribution in [0.2, 0.25) is 0 Å². The lowest BCUT2D eigenvalue weighted by atomic mass is 10.0. The number of hydrogen-bond acceptors (Lipinski definition) is 5. The molecular formula is C14H16N6. The summed E-state index contributed by atoms with van der Waals surface area (Å²) >= 11 is 0. The van der Waals surface area contributed by atoms with Crippen molar-refractivity contribution in [1.82, 2.24) is 20.6 Å². The molecule has 0 amide bonds. The topological polar surface area (TPSA) is 90.3 Å². The minimum Gasteiger partial charge on any atom is -0.360 e. The summed E-state index contributed by atoms with van der Waals surface area (Å²) < 4.78 is 0. The van der Waals surface area contributed by atoms with Gasteiger partial charge in [-0.15, -0.1) is 10.2 Å². The van der Waals surface area contributed by atoms with Crippen LogP contribution in [0, 0.1) is 18.3 Å². The van der Waals surface area contributed by atoms with Gasteiger partial charge in [0.2, 0.25) is 5.82 Å². The Kier molecular flexibility index (Phi) is 4.11. The van der Waals surface area contributed by atoms with Gasteiger partial charge in [0, 0.05) is 11.9 Å². The number of tetrazole rings is 1. The molecule has 0 saturated carbocycles. The van der Waals surface area contributed by atoms with Crippen molar-refractivity contribution in [3.05, 3.63) is 41.4 Å². The molecule has 0 unspecified atom stereocenters. The highest BCUT2D eigenvalue weighted by Crippen LogP contribution is 2.22. The Labute approximate surface area is 117 Å². The molecule has 0 radical (unpaired) electrons. The van der Waals surface area contributed by atoms with Crippen molar-refractivity contribution in [3.8, 4) is 6.07 Å². The minimum atomic E-state index is 0.276. The predicted molar refractivity (Wildman–Crippen MR) is 76.7 cm³/mol. The first-order valence-electron chi connectivity index (χ1n) is 6.33. The Morgan fingerprint density at radius 2 is 2.25 bits per heavy atom. The first-order valence-corrected chi connectivity index (χ1v) is 6.33. The van der Waals surface area contributed by atoms with Crippen LogP contribution in [0.25, 0.3) is 5.57 Å². The maximum absolute atomic E-state index is 9.11. The van der Waals surface area contributed by atoms with E-state index in [4.69, 9.17) is 5.26 Å². The Balaban J connectivity index is 2.26. The fourth-order valence-electron chi connectivity index (χ4n) is 1.73. The number of nitrogens with zero attached hydrogens (tertiary/aromatic N) is 4. The van der Waals surface area contributed by atoms with Crippen LogP contribution in [-0.4, -0.2) is 20.6 Å². The van der Waals surface area contributed by atoms with E-state index in [0.717, 1.165) is 11.3 Å². The zero-order valence-corrected chi connectivity index (χ0v) is 11.7. The van der Waals surface area contributed by atoms with Crippen molar-refractivity contribution in [2.75, 3.05) is 5.32 Å². The molecule has 2 aromatic rings. The third-order valence-corrected chi connectivity index (χ3v) is 3.01. The second-order valence-electron chi connectivity index (χ2n) is 4.78. The second kappa shape index (κ2) is 5.97. The molecule has 20 heavy (non-hydrogen) atoms. The Morgan fingerprint density at radius 1 is 1.45 bits per heavy atom. The number of aromatic amines is 1. The van der Waals surface area contributed by atoms with E-state index in [1.54, 1.807) is 6.20 Å². The van der Waals surface area contributed by atoms with Crippen LogP contribution in [0.3, 0.4) is 0 Å². The van der Waals surface area contributed by atoms with Crippen molar-refractivity contribution in [2.24, 2.45) is 0 Å². The summed E-state index contributed by atoms with van der Waals surface area (Å²) in [5.74, 6) is 0.727. The zero-order valence-electron chi connectivity index (χ0n) is 11.7. The van der Waals surface area contributed by atoms with Crippen LogP contribution < -0.4 is 5.32 Å². The molecule has 1 aromatic carbocycles. The SMILES string of the molecule is Cc1ccc(C(C)C)cc1NC=C(C#N)c1nn[nH]n1. The van der Waals surface area contributed by atoms with Gasteiger partial charge in [-0.25, -0.2) is 0 Å². The molecule has 6 nitrogen and oxygen atoms in total. The molecule has 102 valence electrons. The highest BCUT2D eigenvalue weighted by atomic mass is 15.5. The van der Waals surface area contributed by atoms with Gasteiger partial charge in [0.05, 0.1) is 0 Å². The van der Waals surface area contributed by atoms with Crippen LogP contribution in [0.4, 0.5) is 5.69 Å². The van der Waals surface area contributed by atoms with Crippen LogP contribution in [0.5, 0.6) is 0 Å². The summed E-state index contributed by atoms with van der Waals surface area (Å²) in [6.45, 7) is 6.30. The average Bonchev–Trinajstić information content (AvgIpc) is 2.95. The van der Waals surface area contributed by atoms with Gasteiger partial charge in [0.1, 0.15) is 11.6 Å². The molecule has 2 rings (SSSR count). The molecule has 0 fully saturated rings. The van der Waals surface area contributed by atoms with E-state index in [1.165, 1.54) is 5.56 Å². The third kappa shape index (κ3) is 3.01. The van der Waals surface area contributed by atoms with Crippen molar-refractivity contribution < 1.29 is 0 Å². The Hall–Kier alpha value is -2.68. The number of benzene rings is 1. The fourth-order valence-corrected chi connectivity index (χ4v) is 1.73. The lowest BCUT2D eigenvalue weighted by Gasteiger charge is -2.11. The zero-order chi connectivity index (χ0) is 14.5. The molecule has 0 saturated heterocycles. The van der Waals surface area contributed by atoms with Crippen LogP contribution in [0.1, 0.15) is 36.7 Å². The molecule has 0 aliphatic rings. The molecule has 0 spiro atoms. The summed E-state index contributed by atoms with van der Waals surface area (Å²) in [5, 5.41) is 25.6. The maximum Gasteiger partial charge on any atom is 0.216 e. The van der Waals surface area contributed by atoms with Crippen LogP contribution in [-0.2, 0) is 0 Å². The summed E-state index contributed by atoms with van der Waals surface area (Å²) in [5.41, 5.74) is 3.64. The molecule has 2 N–H and O–H groups in total. The molecule has 0 aliphatic carbocycles. The number of anilines is 1. The van der Waals surface area contributed by atoms with E-state index in [0.29, 0.717) is 11.5 Å². The number of aromatic nitrogens is 4. The van der Waals surface area contributed by atoms with Gasteiger partial charge in [-0.3, -0.25) is 0 Å². The lowest BCUT2D eigenvalue weighted by Crippen LogP contribution is -1.97. The van der Waals surface area contributed by atoms with Gasteiger partial charge in [0.25, 0.3) is 0 Å². The molecule has 1 heterocycles. The summed E-state index contributed by atoms with van der Waals surface area (Å²) in [7, 11) is 0. The standard InChI is InChI=1S/C14H16N6/c1-9(2)11-5-4-10(3)13(6-11)16-8-12(7-15)14-17-19-20-18-14/h4-6,8-9,16H,1-3H3,(H,17,18,19,20). The smallest absolute Gasteiger partial charge is 0.216 e. The van der Waals surface area contributed by atoms with Crippen molar-refractivity contribution in [3.63, 3.8) is 0 Å². The quantitative estimate of drug-likeness (QED) is 0.832. The van der Waals surface area contributed by atoms with Gasteiger partial charge >= 0.3 is 0 Å². The van der Waals surface area contributed by atoms with E-state index < -0.39 is 0 Å². The summed E-state index contributed by atoms with van der Waals surface area (Å²) in [6.07, 6.45) is 1.59. The first-order chi connectivity index (χ1) is 9.61. The highest BCUT2D eigenvalue weighted by molar-refractivity contribution is 5.74. The highest BCUT2D eigenvalue weighted by Gasteiger charge is 2.07. The van der Waals surface area contributed by atoms with E-state index in [-0.39, 0.29) is 5.82 Å². The number of hydrogen-bond donors (Lipinski definition) is 2. The average molecular weight is 268 g/mol. The number of allylic oxidation sites excluding steroid dienone is 1. The number of aryl methyl sites for hydroxylation is 1. The van der Waals surface area contributed by atoms with Gasteiger partial charge in [0.15, 0.2) is 0 Å². The first kappa shape index (κ1) is 13.7. The monoisotopic (exact) mass is 268 g/mol. The predicted octanol–water partition coefficient (Wildman–Crippen LogP) is 2.61. The summed E-state index contributed by atoms with van der Waals surface area (Å²) in [6, 6.07) is 8.30. The molecule has 1 aromatic heterocycles. The Morgan fingerprint density at radius 3 is 2.85 bits per heavy atom. The largest absolute Gasteiger partial charge is 0.360 e.